The van der Waals surface area contributed by atoms with E-state index in [4.69, 9.17) is 4.74 Å². The monoisotopic (exact) mass is 276 g/mol. The van der Waals surface area contributed by atoms with Gasteiger partial charge in [-0.1, -0.05) is 44.4 Å². The summed E-state index contributed by atoms with van der Waals surface area (Å²) in [4.78, 5) is 0. The summed E-state index contributed by atoms with van der Waals surface area (Å²) in [5.41, 5.74) is 0.285. The van der Waals surface area contributed by atoms with E-state index in [0.29, 0.717) is 6.61 Å². The highest BCUT2D eigenvalue weighted by Gasteiger charge is 2.34. The highest BCUT2D eigenvalue weighted by molar-refractivity contribution is 5.38. The summed E-state index contributed by atoms with van der Waals surface area (Å²) in [5.74, 6) is 1.64. The van der Waals surface area contributed by atoms with Crippen LogP contribution in [0.3, 0.4) is 0 Å². The summed E-state index contributed by atoms with van der Waals surface area (Å²) >= 11 is 0. The van der Waals surface area contributed by atoms with Gasteiger partial charge in [-0.25, -0.2) is 0 Å². The molecule has 0 spiro atoms. The van der Waals surface area contributed by atoms with Crippen molar-refractivity contribution in [2.45, 2.75) is 64.4 Å². The first-order valence-electron chi connectivity index (χ1n) is 8.14. The zero-order chi connectivity index (χ0) is 14.4. The standard InChI is InChI=1S/C18H28O2/c1-3-8-15-9-7-13-18(19,14-12-15)16-10-5-6-11-17(16)20-4-2/h5-6,10-11,15,19H,3-4,7-9,12-14H2,1-2H3. The minimum absolute atomic E-state index is 0.644. The van der Waals surface area contributed by atoms with Crippen LogP contribution in [0.2, 0.25) is 0 Å². The second-order valence-electron chi connectivity index (χ2n) is 6.05. The van der Waals surface area contributed by atoms with Crippen LogP contribution in [-0.2, 0) is 5.60 Å². The predicted octanol–water partition coefficient (Wildman–Crippen LogP) is 4.65. The molecule has 1 aromatic carbocycles. The third kappa shape index (κ3) is 3.54. The molecule has 0 aliphatic heterocycles. The minimum Gasteiger partial charge on any atom is -0.493 e. The summed E-state index contributed by atoms with van der Waals surface area (Å²) in [6, 6.07) is 8.00. The number of hydrogen-bond donors (Lipinski definition) is 1. The molecule has 2 heteroatoms. The van der Waals surface area contributed by atoms with Crippen LogP contribution in [0.4, 0.5) is 0 Å². The maximum absolute atomic E-state index is 11.1. The van der Waals surface area contributed by atoms with Crippen molar-refractivity contribution in [3.8, 4) is 5.75 Å². The lowest BCUT2D eigenvalue weighted by molar-refractivity contribution is 0.0169. The summed E-state index contributed by atoms with van der Waals surface area (Å²) in [6.07, 6.45) is 7.76. The van der Waals surface area contributed by atoms with E-state index in [-0.39, 0.29) is 0 Å². The summed E-state index contributed by atoms with van der Waals surface area (Å²) in [5, 5.41) is 11.1. The first kappa shape index (κ1) is 15.4. The average Bonchev–Trinajstić information content (AvgIpc) is 2.64. The Morgan fingerprint density at radius 2 is 2.00 bits per heavy atom. The Morgan fingerprint density at radius 3 is 2.75 bits per heavy atom. The summed E-state index contributed by atoms with van der Waals surface area (Å²) in [7, 11) is 0. The van der Waals surface area contributed by atoms with Crippen LogP contribution in [0.25, 0.3) is 0 Å². The second-order valence-corrected chi connectivity index (χ2v) is 6.05. The van der Waals surface area contributed by atoms with E-state index in [2.05, 4.69) is 6.92 Å². The van der Waals surface area contributed by atoms with Crippen molar-refractivity contribution >= 4 is 0 Å². The maximum atomic E-state index is 11.1. The van der Waals surface area contributed by atoms with Crippen LogP contribution in [0.15, 0.2) is 24.3 Å². The van der Waals surface area contributed by atoms with E-state index in [9.17, 15) is 5.11 Å². The lowest BCUT2D eigenvalue weighted by Crippen LogP contribution is -2.25. The molecule has 1 aromatic rings. The fourth-order valence-electron chi connectivity index (χ4n) is 3.49. The molecule has 1 aliphatic rings. The zero-order valence-electron chi connectivity index (χ0n) is 12.9. The predicted molar refractivity (Wildman–Crippen MR) is 83.0 cm³/mol. The average molecular weight is 276 g/mol. The molecule has 0 aromatic heterocycles. The molecule has 1 N–H and O–H groups in total. The van der Waals surface area contributed by atoms with E-state index >= 15 is 0 Å². The smallest absolute Gasteiger partial charge is 0.125 e. The normalized spacial score (nSPS) is 27.1. The first-order valence-corrected chi connectivity index (χ1v) is 8.14. The van der Waals surface area contributed by atoms with Crippen molar-refractivity contribution in [2.75, 3.05) is 6.61 Å². The van der Waals surface area contributed by atoms with Gasteiger partial charge in [-0.05, 0) is 44.6 Å². The van der Waals surface area contributed by atoms with Crippen molar-refractivity contribution < 1.29 is 9.84 Å². The molecule has 0 amide bonds. The molecular weight excluding hydrogens is 248 g/mol. The molecule has 2 unspecified atom stereocenters. The molecule has 2 atom stereocenters. The van der Waals surface area contributed by atoms with Crippen LogP contribution in [0.5, 0.6) is 5.75 Å². The van der Waals surface area contributed by atoms with Gasteiger partial charge in [-0.2, -0.15) is 0 Å². The molecule has 1 saturated carbocycles. The Kier molecular flexibility index (Phi) is 5.47. The van der Waals surface area contributed by atoms with E-state index < -0.39 is 5.60 Å². The molecule has 2 nitrogen and oxygen atoms in total. The number of ether oxygens (including phenoxy) is 1. The SMILES string of the molecule is CCCC1CCCC(O)(c2ccccc2OCC)CC1. The van der Waals surface area contributed by atoms with Crippen LogP contribution in [-0.4, -0.2) is 11.7 Å². The number of rotatable bonds is 5. The number of para-hydroxylation sites is 1. The number of aliphatic hydroxyl groups is 1. The third-order valence-electron chi connectivity index (χ3n) is 4.55. The van der Waals surface area contributed by atoms with Crippen LogP contribution >= 0.6 is 0 Å². The lowest BCUT2D eigenvalue weighted by Gasteiger charge is -2.29. The van der Waals surface area contributed by atoms with E-state index in [1.807, 2.05) is 31.2 Å². The Bertz CT molecular complexity index is 416. The molecular formula is C18H28O2. The highest BCUT2D eigenvalue weighted by atomic mass is 16.5. The minimum atomic E-state index is -0.700. The fourth-order valence-corrected chi connectivity index (χ4v) is 3.49. The van der Waals surface area contributed by atoms with Crippen molar-refractivity contribution in [1.82, 2.24) is 0 Å². The number of hydrogen-bond acceptors (Lipinski definition) is 2. The van der Waals surface area contributed by atoms with Gasteiger partial charge in [0, 0.05) is 5.56 Å². The fraction of sp³-hybridized carbons (Fsp3) is 0.667. The van der Waals surface area contributed by atoms with Crippen molar-refractivity contribution in [2.24, 2.45) is 5.92 Å². The highest BCUT2D eigenvalue weighted by Crippen LogP contribution is 2.42. The molecule has 112 valence electrons. The van der Waals surface area contributed by atoms with Gasteiger partial charge in [0.15, 0.2) is 0 Å². The topological polar surface area (TPSA) is 29.5 Å². The van der Waals surface area contributed by atoms with Gasteiger partial charge in [-0.3, -0.25) is 0 Å². The van der Waals surface area contributed by atoms with Crippen molar-refractivity contribution in [3.05, 3.63) is 29.8 Å². The Labute approximate surface area is 123 Å². The van der Waals surface area contributed by atoms with E-state index in [1.165, 1.54) is 19.3 Å². The molecule has 0 heterocycles. The van der Waals surface area contributed by atoms with Crippen LogP contribution < -0.4 is 4.74 Å². The van der Waals surface area contributed by atoms with Gasteiger partial charge in [-0.15, -0.1) is 0 Å². The second kappa shape index (κ2) is 7.12. The molecule has 0 radical (unpaired) electrons. The lowest BCUT2D eigenvalue weighted by atomic mass is 9.85. The van der Waals surface area contributed by atoms with Gasteiger partial charge < -0.3 is 9.84 Å². The molecule has 1 aliphatic carbocycles. The quantitative estimate of drug-likeness (QED) is 0.793. The molecule has 2 rings (SSSR count). The van der Waals surface area contributed by atoms with Crippen molar-refractivity contribution in [3.63, 3.8) is 0 Å². The zero-order valence-corrected chi connectivity index (χ0v) is 12.9. The van der Waals surface area contributed by atoms with Crippen LogP contribution in [0.1, 0.15) is 64.4 Å². The molecule has 20 heavy (non-hydrogen) atoms. The van der Waals surface area contributed by atoms with Gasteiger partial charge in [0.2, 0.25) is 0 Å². The van der Waals surface area contributed by atoms with Gasteiger partial charge >= 0.3 is 0 Å². The Balaban J connectivity index is 2.17. The van der Waals surface area contributed by atoms with Crippen molar-refractivity contribution in [1.29, 1.82) is 0 Å². The van der Waals surface area contributed by atoms with Gasteiger partial charge in [0.05, 0.1) is 12.2 Å². The molecule has 0 bridgehead atoms. The number of benzene rings is 1. The van der Waals surface area contributed by atoms with E-state index in [0.717, 1.165) is 42.9 Å². The maximum Gasteiger partial charge on any atom is 0.125 e. The van der Waals surface area contributed by atoms with Crippen LogP contribution in [0, 0.1) is 5.92 Å². The van der Waals surface area contributed by atoms with E-state index in [1.54, 1.807) is 0 Å². The Morgan fingerprint density at radius 1 is 1.20 bits per heavy atom. The molecule has 1 fully saturated rings. The summed E-state index contributed by atoms with van der Waals surface area (Å²) in [6.45, 7) is 4.89. The third-order valence-corrected chi connectivity index (χ3v) is 4.55. The largest absolute Gasteiger partial charge is 0.493 e. The molecule has 0 saturated heterocycles. The van der Waals surface area contributed by atoms with Gasteiger partial charge in [0.25, 0.3) is 0 Å². The Hall–Kier alpha value is -1.02. The van der Waals surface area contributed by atoms with Gasteiger partial charge in [0.1, 0.15) is 5.75 Å². The summed E-state index contributed by atoms with van der Waals surface area (Å²) < 4.78 is 5.71. The first-order chi connectivity index (χ1) is 9.69.